The van der Waals surface area contributed by atoms with E-state index in [1.807, 2.05) is 0 Å². The molecule has 1 saturated heterocycles. The van der Waals surface area contributed by atoms with E-state index in [0.717, 1.165) is 13.1 Å². The van der Waals surface area contributed by atoms with Crippen molar-refractivity contribution in [3.8, 4) is 0 Å². The minimum absolute atomic E-state index is 0.0683. The molecule has 0 spiro atoms. The van der Waals surface area contributed by atoms with Gasteiger partial charge in [0.2, 0.25) is 0 Å². The number of ketones is 1. The van der Waals surface area contributed by atoms with Crippen LogP contribution in [0.1, 0.15) is 6.42 Å². The van der Waals surface area contributed by atoms with Gasteiger partial charge in [-0.3, -0.25) is 4.79 Å². The first-order valence-electron chi connectivity index (χ1n) is 3.20. The fraction of sp³-hybridized carbons (Fsp3) is 0.571. The largest absolute Gasteiger partial charge is 0.315 e. The number of nitrogens with one attached hydrogen (secondary N) is 1. The Hall–Kier alpha value is -0.630. The zero-order chi connectivity index (χ0) is 6.69. The van der Waals surface area contributed by atoms with Crippen molar-refractivity contribution >= 4 is 5.78 Å². The SMILES string of the molecule is C=CC1CNCCC1=O. The molecule has 1 aliphatic rings. The minimum Gasteiger partial charge on any atom is -0.315 e. The van der Waals surface area contributed by atoms with E-state index in [1.165, 1.54) is 0 Å². The topological polar surface area (TPSA) is 29.1 Å². The van der Waals surface area contributed by atoms with Crippen LogP contribution >= 0.6 is 0 Å². The maximum Gasteiger partial charge on any atom is 0.142 e. The molecular formula is C7H11NO. The Bertz CT molecular complexity index is 131. The summed E-state index contributed by atoms with van der Waals surface area (Å²) >= 11 is 0. The van der Waals surface area contributed by atoms with Crippen LogP contribution in [0.2, 0.25) is 0 Å². The Balaban J connectivity index is 2.48. The van der Waals surface area contributed by atoms with Gasteiger partial charge in [-0.25, -0.2) is 0 Å². The Morgan fingerprint density at radius 2 is 2.56 bits per heavy atom. The molecule has 1 unspecified atom stereocenters. The molecule has 1 atom stereocenters. The van der Waals surface area contributed by atoms with Gasteiger partial charge in [-0.1, -0.05) is 6.08 Å². The number of hydrogen-bond donors (Lipinski definition) is 1. The van der Waals surface area contributed by atoms with E-state index in [4.69, 9.17) is 0 Å². The van der Waals surface area contributed by atoms with Gasteiger partial charge in [0.1, 0.15) is 5.78 Å². The van der Waals surface area contributed by atoms with Crippen molar-refractivity contribution in [2.45, 2.75) is 6.42 Å². The third kappa shape index (κ3) is 1.39. The first-order chi connectivity index (χ1) is 4.34. The quantitative estimate of drug-likeness (QED) is 0.512. The number of Topliss-reactive ketones (excluding diaryl/α,β-unsaturated/α-hetero) is 1. The molecule has 0 saturated carbocycles. The van der Waals surface area contributed by atoms with Gasteiger partial charge >= 0.3 is 0 Å². The normalized spacial score (nSPS) is 28.0. The molecule has 1 fully saturated rings. The van der Waals surface area contributed by atoms with Gasteiger partial charge < -0.3 is 5.32 Å². The van der Waals surface area contributed by atoms with E-state index >= 15 is 0 Å². The van der Waals surface area contributed by atoms with Crippen LogP contribution in [0.3, 0.4) is 0 Å². The first-order valence-corrected chi connectivity index (χ1v) is 3.20. The highest BCUT2D eigenvalue weighted by atomic mass is 16.1. The summed E-state index contributed by atoms with van der Waals surface area (Å²) in [6.45, 7) is 5.19. The van der Waals surface area contributed by atoms with Gasteiger partial charge in [-0.2, -0.15) is 0 Å². The van der Waals surface area contributed by atoms with Crippen molar-refractivity contribution in [3.63, 3.8) is 0 Å². The molecule has 2 heteroatoms. The summed E-state index contributed by atoms with van der Waals surface area (Å²) in [5, 5.41) is 3.12. The molecule has 9 heavy (non-hydrogen) atoms. The predicted molar refractivity (Wildman–Crippen MR) is 36.2 cm³/mol. The van der Waals surface area contributed by atoms with E-state index in [1.54, 1.807) is 6.08 Å². The average molecular weight is 125 g/mol. The van der Waals surface area contributed by atoms with E-state index in [-0.39, 0.29) is 5.92 Å². The van der Waals surface area contributed by atoms with Crippen LogP contribution in [-0.2, 0) is 4.79 Å². The maximum absolute atomic E-state index is 10.9. The van der Waals surface area contributed by atoms with E-state index < -0.39 is 0 Å². The molecule has 1 rings (SSSR count). The third-order valence-corrected chi connectivity index (χ3v) is 1.61. The van der Waals surface area contributed by atoms with E-state index in [2.05, 4.69) is 11.9 Å². The molecule has 0 aromatic rings. The highest BCUT2D eigenvalue weighted by molar-refractivity contribution is 5.83. The van der Waals surface area contributed by atoms with Crippen LogP contribution < -0.4 is 5.32 Å². The second kappa shape index (κ2) is 2.78. The summed E-state index contributed by atoms with van der Waals surface area (Å²) < 4.78 is 0. The molecule has 1 N–H and O–H groups in total. The Morgan fingerprint density at radius 3 is 3.00 bits per heavy atom. The first kappa shape index (κ1) is 6.49. The lowest BCUT2D eigenvalue weighted by Gasteiger charge is -2.17. The zero-order valence-corrected chi connectivity index (χ0v) is 5.39. The fourth-order valence-electron chi connectivity index (χ4n) is 0.983. The van der Waals surface area contributed by atoms with E-state index in [9.17, 15) is 4.79 Å². The lowest BCUT2D eigenvalue weighted by atomic mass is 9.99. The molecule has 0 aromatic heterocycles. The number of piperidine rings is 1. The van der Waals surface area contributed by atoms with E-state index in [0.29, 0.717) is 12.2 Å². The van der Waals surface area contributed by atoms with Gasteiger partial charge in [0.25, 0.3) is 0 Å². The summed E-state index contributed by atoms with van der Waals surface area (Å²) in [4.78, 5) is 10.9. The lowest BCUT2D eigenvalue weighted by Crippen LogP contribution is -2.35. The molecule has 0 bridgehead atoms. The van der Waals surface area contributed by atoms with Crippen LogP contribution in [0.25, 0.3) is 0 Å². The molecule has 0 radical (unpaired) electrons. The summed E-state index contributed by atoms with van der Waals surface area (Å²) in [7, 11) is 0. The fourth-order valence-corrected chi connectivity index (χ4v) is 0.983. The number of carbonyl (C=O) groups excluding carboxylic acids is 1. The van der Waals surface area contributed by atoms with Crippen LogP contribution in [0.5, 0.6) is 0 Å². The predicted octanol–water partition coefficient (Wildman–Crippen LogP) is 0.351. The molecular weight excluding hydrogens is 114 g/mol. The molecule has 0 amide bonds. The summed E-state index contributed by atoms with van der Waals surface area (Å²) in [5.74, 6) is 0.391. The summed E-state index contributed by atoms with van der Waals surface area (Å²) in [6, 6.07) is 0. The highest BCUT2D eigenvalue weighted by Crippen LogP contribution is 2.05. The molecule has 50 valence electrons. The van der Waals surface area contributed by atoms with Gasteiger partial charge in [0, 0.05) is 25.4 Å². The van der Waals surface area contributed by atoms with Crippen LogP contribution in [0.15, 0.2) is 12.7 Å². The van der Waals surface area contributed by atoms with Crippen molar-refractivity contribution in [1.82, 2.24) is 5.32 Å². The molecule has 0 aliphatic carbocycles. The summed E-state index contributed by atoms with van der Waals surface area (Å²) in [5.41, 5.74) is 0. The molecule has 1 heterocycles. The number of hydrogen-bond acceptors (Lipinski definition) is 2. The van der Waals surface area contributed by atoms with Crippen molar-refractivity contribution < 1.29 is 4.79 Å². The highest BCUT2D eigenvalue weighted by Gasteiger charge is 2.17. The Labute approximate surface area is 54.9 Å². The summed E-state index contributed by atoms with van der Waals surface area (Å²) in [6.07, 6.45) is 2.38. The average Bonchev–Trinajstić information content (AvgIpc) is 1.89. The van der Waals surface area contributed by atoms with Crippen LogP contribution in [-0.4, -0.2) is 18.9 Å². The maximum atomic E-state index is 10.9. The Morgan fingerprint density at radius 1 is 1.78 bits per heavy atom. The second-order valence-electron chi connectivity index (χ2n) is 2.26. The smallest absolute Gasteiger partial charge is 0.142 e. The van der Waals surface area contributed by atoms with Crippen molar-refractivity contribution in [3.05, 3.63) is 12.7 Å². The number of carbonyl (C=O) groups is 1. The second-order valence-corrected chi connectivity index (χ2v) is 2.26. The Kier molecular flexibility index (Phi) is 2.01. The standard InChI is InChI=1S/C7H11NO/c1-2-6-5-8-4-3-7(6)9/h2,6,8H,1,3-5H2. The van der Waals surface area contributed by atoms with Crippen LogP contribution in [0, 0.1) is 5.92 Å². The van der Waals surface area contributed by atoms with Crippen molar-refractivity contribution in [2.75, 3.05) is 13.1 Å². The molecule has 1 aliphatic heterocycles. The third-order valence-electron chi connectivity index (χ3n) is 1.61. The minimum atomic E-state index is 0.0683. The van der Waals surface area contributed by atoms with Gasteiger partial charge in [-0.15, -0.1) is 6.58 Å². The molecule has 0 aromatic carbocycles. The lowest BCUT2D eigenvalue weighted by molar-refractivity contribution is -0.122. The van der Waals surface area contributed by atoms with Crippen molar-refractivity contribution in [1.29, 1.82) is 0 Å². The molecule has 2 nitrogen and oxygen atoms in total. The van der Waals surface area contributed by atoms with Gasteiger partial charge in [0.15, 0.2) is 0 Å². The van der Waals surface area contributed by atoms with Gasteiger partial charge in [0.05, 0.1) is 0 Å². The monoisotopic (exact) mass is 125 g/mol. The van der Waals surface area contributed by atoms with Gasteiger partial charge in [-0.05, 0) is 0 Å². The van der Waals surface area contributed by atoms with Crippen LogP contribution in [0.4, 0.5) is 0 Å². The van der Waals surface area contributed by atoms with Crippen molar-refractivity contribution in [2.24, 2.45) is 5.92 Å². The number of rotatable bonds is 1. The zero-order valence-electron chi connectivity index (χ0n) is 5.39.